The maximum atomic E-state index is 16.8. The molecule has 2 N–H and O–H groups in total. The summed E-state index contributed by atoms with van der Waals surface area (Å²) in [6.07, 6.45) is 5.53. The Balaban J connectivity index is 1.80. The van der Waals surface area contributed by atoms with E-state index < -0.39 is 29.2 Å². The van der Waals surface area contributed by atoms with Gasteiger partial charge < -0.3 is 10.2 Å². The lowest BCUT2D eigenvalue weighted by molar-refractivity contribution is -0.195. The fourth-order valence-electron chi connectivity index (χ4n) is 7.36. The zero-order valence-corrected chi connectivity index (χ0v) is 16.2. The molecule has 4 nitrogen and oxygen atoms in total. The summed E-state index contributed by atoms with van der Waals surface area (Å²) in [7, 11) is 0. The molecule has 0 radical (unpaired) electrons. The number of carbonyl (C=O) groups is 2. The third-order valence-electron chi connectivity index (χ3n) is 8.48. The van der Waals surface area contributed by atoms with Crippen molar-refractivity contribution >= 4 is 11.6 Å². The number of hydrogen-bond acceptors (Lipinski definition) is 4. The van der Waals surface area contributed by atoms with E-state index in [0.717, 1.165) is 12.0 Å². The van der Waals surface area contributed by atoms with Crippen LogP contribution in [0.5, 0.6) is 0 Å². The molecule has 0 aromatic carbocycles. The number of fused-ring (bicyclic) bond motifs is 5. The lowest BCUT2D eigenvalue weighted by Gasteiger charge is -2.62. The average Bonchev–Trinajstić information content (AvgIpc) is 2.86. The Morgan fingerprint density at radius 3 is 2.70 bits per heavy atom. The minimum absolute atomic E-state index is 0.0224. The summed E-state index contributed by atoms with van der Waals surface area (Å²) in [4.78, 5) is 24.3. The first-order valence-corrected chi connectivity index (χ1v) is 10.0. The molecule has 0 unspecified atom stereocenters. The zero-order chi connectivity index (χ0) is 19.8. The topological polar surface area (TPSA) is 74.6 Å². The molecule has 0 amide bonds. The molecule has 0 saturated heterocycles. The van der Waals surface area contributed by atoms with E-state index in [1.165, 1.54) is 12.2 Å². The van der Waals surface area contributed by atoms with Gasteiger partial charge in [-0.2, -0.15) is 0 Å². The van der Waals surface area contributed by atoms with Crippen molar-refractivity contribution in [2.75, 3.05) is 6.61 Å². The van der Waals surface area contributed by atoms with Gasteiger partial charge in [-0.25, -0.2) is 4.39 Å². The van der Waals surface area contributed by atoms with Gasteiger partial charge in [-0.3, -0.25) is 9.59 Å². The van der Waals surface area contributed by atoms with Crippen molar-refractivity contribution in [1.82, 2.24) is 0 Å². The molecule has 0 aliphatic heterocycles. The van der Waals surface area contributed by atoms with Crippen LogP contribution in [0.4, 0.5) is 4.39 Å². The van der Waals surface area contributed by atoms with Crippen LogP contribution in [-0.2, 0) is 9.59 Å². The predicted molar refractivity (Wildman–Crippen MR) is 98.5 cm³/mol. The normalized spacial score (nSPS) is 51.3. The van der Waals surface area contributed by atoms with Gasteiger partial charge in [0.25, 0.3) is 0 Å². The van der Waals surface area contributed by atoms with Crippen LogP contribution >= 0.6 is 0 Å². The SMILES string of the molecule is C[C@@H]1C[C@H]2[C@@H]3CCC4=CC(=O)C=C[C@]4(C)[C@]3(F)[C@@H](O)C[C@]2(C)[C@H]1C(=O)CO. The standard InChI is InChI=1S/C22H29FO4/c1-12-8-16-15-5-4-13-9-14(25)6-7-21(13,3)22(15,23)18(27)10-20(16,2)19(12)17(26)11-24/h6-7,9,12,15-16,18-19,24,27H,4-5,8,10-11H2,1-3H3/t12-,15+,16+,18+,19-,20+,21+,22-/m1/s1. The number of Topliss-reactive ketones (excluding diaryl/α,β-unsaturated/α-hetero) is 1. The molecular weight excluding hydrogens is 347 g/mol. The maximum absolute atomic E-state index is 16.8. The molecule has 8 atom stereocenters. The second-order valence-electron chi connectivity index (χ2n) is 9.67. The van der Waals surface area contributed by atoms with Gasteiger partial charge in [-0.05, 0) is 62.0 Å². The van der Waals surface area contributed by atoms with Crippen molar-refractivity contribution in [3.63, 3.8) is 0 Å². The first-order valence-electron chi connectivity index (χ1n) is 10.0. The van der Waals surface area contributed by atoms with E-state index in [9.17, 15) is 19.8 Å². The van der Waals surface area contributed by atoms with Gasteiger partial charge in [0.05, 0.1) is 6.10 Å². The molecular formula is C22H29FO4. The van der Waals surface area contributed by atoms with Crippen LogP contribution in [0.15, 0.2) is 23.8 Å². The maximum Gasteiger partial charge on any atom is 0.178 e. The highest BCUT2D eigenvalue weighted by molar-refractivity contribution is 6.01. The van der Waals surface area contributed by atoms with Crippen LogP contribution in [0.1, 0.15) is 46.5 Å². The van der Waals surface area contributed by atoms with Crippen LogP contribution in [0.25, 0.3) is 0 Å². The van der Waals surface area contributed by atoms with Gasteiger partial charge in [0.2, 0.25) is 0 Å². The molecule has 0 heterocycles. The average molecular weight is 376 g/mol. The van der Waals surface area contributed by atoms with Crippen molar-refractivity contribution in [3.05, 3.63) is 23.8 Å². The van der Waals surface area contributed by atoms with E-state index in [1.807, 2.05) is 13.8 Å². The number of carbonyl (C=O) groups excluding carboxylic acids is 2. The fourth-order valence-corrected chi connectivity index (χ4v) is 7.36. The van der Waals surface area contributed by atoms with Crippen LogP contribution in [0.2, 0.25) is 0 Å². The minimum Gasteiger partial charge on any atom is -0.390 e. The highest BCUT2D eigenvalue weighted by Gasteiger charge is 2.71. The second kappa shape index (κ2) is 5.84. The molecule has 0 aromatic rings. The summed E-state index contributed by atoms with van der Waals surface area (Å²) < 4.78 is 16.8. The monoisotopic (exact) mass is 376 g/mol. The third kappa shape index (κ3) is 2.21. The highest BCUT2D eigenvalue weighted by atomic mass is 19.1. The summed E-state index contributed by atoms with van der Waals surface area (Å²) in [6.45, 7) is 5.29. The minimum atomic E-state index is -1.85. The van der Waals surface area contributed by atoms with Crippen LogP contribution < -0.4 is 0 Å². The third-order valence-corrected chi connectivity index (χ3v) is 8.48. The Morgan fingerprint density at radius 2 is 2.04 bits per heavy atom. The van der Waals surface area contributed by atoms with Crippen molar-refractivity contribution in [3.8, 4) is 0 Å². The van der Waals surface area contributed by atoms with Gasteiger partial charge in [-0.1, -0.05) is 25.5 Å². The molecule has 3 saturated carbocycles. The van der Waals surface area contributed by atoms with Gasteiger partial charge in [0.1, 0.15) is 6.61 Å². The molecule has 4 rings (SSSR count). The van der Waals surface area contributed by atoms with Crippen molar-refractivity contribution in [1.29, 1.82) is 0 Å². The molecule has 0 aromatic heterocycles. The summed E-state index contributed by atoms with van der Waals surface area (Å²) in [5, 5.41) is 20.6. The number of allylic oxidation sites excluding steroid dienone is 4. The Morgan fingerprint density at radius 1 is 1.33 bits per heavy atom. The van der Waals surface area contributed by atoms with E-state index in [-0.39, 0.29) is 41.7 Å². The lowest BCUT2D eigenvalue weighted by atomic mass is 9.45. The lowest BCUT2D eigenvalue weighted by Crippen LogP contribution is -2.66. The number of hydrogen-bond donors (Lipinski definition) is 2. The van der Waals surface area contributed by atoms with Gasteiger partial charge in [0.15, 0.2) is 17.2 Å². The molecule has 0 bridgehead atoms. The first kappa shape index (κ1) is 19.0. The Labute approximate surface area is 159 Å². The van der Waals surface area contributed by atoms with E-state index in [1.54, 1.807) is 13.0 Å². The van der Waals surface area contributed by atoms with E-state index in [0.29, 0.717) is 12.8 Å². The van der Waals surface area contributed by atoms with Crippen molar-refractivity contribution in [2.45, 2.75) is 58.2 Å². The molecule has 4 aliphatic carbocycles. The molecule has 3 fully saturated rings. The predicted octanol–water partition coefficient (Wildman–Crippen LogP) is 2.78. The molecule has 5 heteroatoms. The van der Waals surface area contributed by atoms with Gasteiger partial charge in [0, 0.05) is 17.3 Å². The summed E-state index contributed by atoms with van der Waals surface area (Å²) in [5.74, 6) is -1.00. The van der Waals surface area contributed by atoms with E-state index in [4.69, 9.17) is 0 Å². The molecule has 4 aliphatic rings. The Hall–Kier alpha value is -1.33. The highest BCUT2D eigenvalue weighted by Crippen LogP contribution is 2.69. The van der Waals surface area contributed by atoms with E-state index in [2.05, 4.69) is 0 Å². The number of ketones is 2. The smallest absolute Gasteiger partial charge is 0.178 e. The Kier molecular flexibility index (Phi) is 4.11. The van der Waals surface area contributed by atoms with Crippen molar-refractivity contribution < 1.29 is 24.2 Å². The molecule has 0 spiro atoms. The van der Waals surface area contributed by atoms with Crippen LogP contribution in [0, 0.1) is 34.5 Å². The molecule has 148 valence electrons. The summed E-state index contributed by atoms with van der Waals surface area (Å²) in [6, 6.07) is 0. The fraction of sp³-hybridized carbons (Fsp3) is 0.727. The quantitative estimate of drug-likeness (QED) is 0.777. The number of aliphatic hydroxyl groups is 2. The molecule has 27 heavy (non-hydrogen) atoms. The van der Waals surface area contributed by atoms with Crippen LogP contribution in [-0.4, -0.2) is 40.2 Å². The number of halogens is 1. The zero-order valence-electron chi connectivity index (χ0n) is 16.2. The number of alkyl halides is 1. The second-order valence-corrected chi connectivity index (χ2v) is 9.67. The number of rotatable bonds is 2. The van der Waals surface area contributed by atoms with E-state index >= 15 is 4.39 Å². The summed E-state index contributed by atoms with van der Waals surface area (Å²) >= 11 is 0. The van der Waals surface area contributed by atoms with Crippen LogP contribution in [0.3, 0.4) is 0 Å². The van der Waals surface area contributed by atoms with Crippen molar-refractivity contribution in [2.24, 2.45) is 34.5 Å². The number of aliphatic hydroxyl groups excluding tert-OH is 2. The summed E-state index contributed by atoms with van der Waals surface area (Å²) in [5.41, 5.74) is -2.59. The van der Waals surface area contributed by atoms with Gasteiger partial charge >= 0.3 is 0 Å². The Bertz CT molecular complexity index is 757. The largest absolute Gasteiger partial charge is 0.390 e. The van der Waals surface area contributed by atoms with Gasteiger partial charge in [-0.15, -0.1) is 0 Å². The first-order chi connectivity index (χ1) is 12.6.